The summed E-state index contributed by atoms with van der Waals surface area (Å²) in [6.07, 6.45) is -1.25. The number of hydrogen-bond donors (Lipinski definition) is 4. The Labute approximate surface area is 238 Å². The molecule has 4 N–H and O–H groups in total. The summed E-state index contributed by atoms with van der Waals surface area (Å²) in [4.78, 5) is 38.6. The number of aliphatic hydroxyl groups is 1. The summed E-state index contributed by atoms with van der Waals surface area (Å²) in [7, 11) is -3.45. The summed E-state index contributed by atoms with van der Waals surface area (Å²) >= 11 is 6.00. The van der Waals surface area contributed by atoms with Gasteiger partial charge in [-0.15, -0.1) is 0 Å². The topological polar surface area (TPSA) is 160 Å². The molecule has 41 heavy (non-hydrogen) atoms. The Bertz CT molecular complexity index is 1440. The van der Waals surface area contributed by atoms with Crippen LogP contribution in [0.3, 0.4) is 0 Å². The second kappa shape index (κ2) is 14.6. The van der Waals surface area contributed by atoms with Gasteiger partial charge in [-0.25, -0.2) is 28.6 Å². The number of fused-ring (bicyclic) bond motifs is 1. The van der Waals surface area contributed by atoms with Gasteiger partial charge >= 0.3 is 13.9 Å². The number of hydrogen-bond acceptors (Lipinski definition) is 9. The third-order valence-corrected chi connectivity index (χ3v) is 7.06. The molecule has 2 aromatic carbocycles. The molecule has 0 saturated heterocycles. The molecule has 2 unspecified atom stereocenters. The summed E-state index contributed by atoms with van der Waals surface area (Å²) in [5.41, 5.74) is 3.10. The minimum absolute atomic E-state index is 0.0682. The molecule has 16 heteroatoms. The van der Waals surface area contributed by atoms with Gasteiger partial charge in [-0.3, -0.25) is 24.2 Å². The van der Waals surface area contributed by atoms with E-state index in [1.54, 1.807) is 0 Å². The Balaban J connectivity index is 1.73. The lowest BCUT2D eigenvalue weighted by Gasteiger charge is -2.32. The number of aliphatic hydroxyl groups excluding tert-OH is 1. The van der Waals surface area contributed by atoms with Gasteiger partial charge in [0.15, 0.2) is 0 Å². The molecule has 222 valence electrons. The predicted molar refractivity (Wildman–Crippen MR) is 145 cm³/mol. The quantitative estimate of drug-likeness (QED) is 0.162. The number of phosphoric acid groups is 1. The van der Waals surface area contributed by atoms with Crippen LogP contribution in [-0.2, 0) is 29.7 Å². The van der Waals surface area contributed by atoms with Gasteiger partial charge in [-0.1, -0.05) is 23.7 Å². The highest BCUT2D eigenvalue weighted by molar-refractivity contribution is 7.47. The van der Waals surface area contributed by atoms with Crippen molar-refractivity contribution in [3.63, 3.8) is 0 Å². The van der Waals surface area contributed by atoms with Crippen molar-refractivity contribution >= 4 is 48.0 Å². The number of amides is 2. The second-order valence-corrected chi connectivity index (χ2v) is 10.6. The molecule has 1 heterocycles. The number of anilines is 1. The molecule has 2 amide bonds. The Morgan fingerprint density at radius 3 is 2.63 bits per heavy atom. The molecule has 0 saturated carbocycles. The van der Waals surface area contributed by atoms with Crippen molar-refractivity contribution in [1.29, 1.82) is 0 Å². The van der Waals surface area contributed by atoms with Crippen LogP contribution in [0.2, 0.25) is 5.02 Å². The van der Waals surface area contributed by atoms with Crippen LogP contribution in [0, 0.1) is 11.6 Å². The number of benzene rings is 2. The maximum atomic E-state index is 13.9. The molecule has 0 spiro atoms. The first-order valence-electron chi connectivity index (χ1n) is 12.0. The number of rotatable bonds is 13. The number of ether oxygens (including phenoxy) is 1. The molecule has 3 atom stereocenters. The number of halogens is 3. The summed E-state index contributed by atoms with van der Waals surface area (Å²) in [6, 6.07) is 8.59. The van der Waals surface area contributed by atoms with E-state index in [1.807, 2.05) is 0 Å². The first-order chi connectivity index (χ1) is 19.4. The molecule has 0 aliphatic rings. The van der Waals surface area contributed by atoms with Crippen LogP contribution >= 0.6 is 19.4 Å². The standard InChI is InChI=1S/C25H28ClF2N4O8P/c1-15(33)32(30-12-17-4-3-5-22(28)24(17)26)20(10-21(34)14-40-41(36,37)38-2)13-39-25(35)31-23-9-18-8-19(27)7-6-16(18)11-29-23/h3-9,11,20-21,30,34H,10,12-14H2,1-2H3,(H,36,37)(H,29,31,35)/t20-,21?/m0/s1. The zero-order valence-electron chi connectivity index (χ0n) is 21.9. The lowest BCUT2D eigenvalue weighted by Crippen LogP contribution is -2.52. The zero-order valence-corrected chi connectivity index (χ0v) is 23.6. The van der Waals surface area contributed by atoms with Gasteiger partial charge < -0.3 is 14.7 Å². The molecule has 0 aliphatic carbocycles. The largest absolute Gasteiger partial charge is 0.471 e. The van der Waals surface area contributed by atoms with Crippen molar-refractivity contribution in [1.82, 2.24) is 15.4 Å². The molecule has 0 fully saturated rings. The first-order valence-corrected chi connectivity index (χ1v) is 13.9. The number of nitrogens with zero attached hydrogens (tertiary/aromatic N) is 2. The van der Waals surface area contributed by atoms with Crippen molar-refractivity contribution in [2.24, 2.45) is 0 Å². The maximum Gasteiger partial charge on any atom is 0.471 e. The molecule has 3 aromatic rings. The summed E-state index contributed by atoms with van der Waals surface area (Å²) in [5, 5.41) is 14.9. The normalized spacial score (nSPS) is 14.2. The van der Waals surface area contributed by atoms with E-state index in [2.05, 4.69) is 24.8 Å². The predicted octanol–water partition coefficient (Wildman–Crippen LogP) is 4.15. The summed E-state index contributed by atoms with van der Waals surface area (Å²) in [5.74, 6) is -1.63. The highest BCUT2D eigenvalue weighted by Gasteiger charge is 2.28. The molecule has 12 nitrogen and oxygen atoms in total. The molecule has 0 aliphatic heterocycles. The minimum Gasteiger partial charge on any atom is -0.447 e. The van der Waals surface area contributed by atoms with E-state index < -0.39 is 56.8 Å². The smallest absolute Gasteiger partial charge is 0.447 e. The van der Waals surface area contributed by atoms with Crippen LogP contribution in [0.15, 0.2) is 48.7 Å². The maximum absolute atomic E-state index is 13.9. The SMILES string of the molecule is COP(=O)(O)OCC(O)C[C@@H](COC(=O)Nc1cc2cc(F)ccc2cn1)N(NCc1cccc(F)c1Cl)C(C)=O. The van der Waals surface area contributed by atoms with Crippen LogP contribution in [0.25, 0.3) is 10.8 Å². The van der Waals surface area contributed by atoms with Crippen LogP contribution < -0.4 is 10.7 Å². The van der Waals surface area contributed by atoms with Crippen molar-refractivity contribution < 1.29 is 46.7 Å². The Morgan fingerprint density at radius 1 is 1.17 bits per heavy atom. The van der Waals surface area contributed by atoms with Crippen LogP contribution in [0.5, 0.6) is 0 Å². The molecule has 0 radical (unpaired) electrons. The summed E-state index contributed by atoms with van der Waals surface area (Å²) in [6.45, 7) is -0.0430. The van der Waals surface area contributed by atoms with Gasteiger partial charge in [0.1, 0.15) is 24.1 Å². The minimum atomic E-state index is -4.40. The number of phosphoric ester groups is 1. The molecule has 3 rings (SSSR count). The zero-order chi connectivity index (χ0) is 30.2. The Kier molecular flexibility index (Phi) is 11.5. The first kappa shape index (κ1) is 32.3. The second-order valence-electron chi connectivity index (χ2n) is 8.71. The van der Waals surface area contributed by atoms with E-state index in [1.165, 1.54) is 55.6 Å². The van der Waals surface area contributed by atoms with Gasteiger partial charge in [0.05, 0.1) is 23.8 Å². The number of carbonyl (C=O) groups excluding carboxylic acids is 2. The van der Waals surface area contributed by atoms with E-state index in [0.29, 0.717) is 16.3 Å². The van der Waals surface area contributed by atoms with Gasteiger partial charge in [-0.2, -0.15) is 0 Å². The number of carbonyl (C=O) groups is 2. The highest BCUT2D eigenvalue weighted by Crippen LogP contribution is 2.42. The van der Waals surface area contributed by atoms with Crippen molar-refractivity contribution in [2.45, 2.75) is 32.0 Å². The molecule has 0 bridgehead atoms. The van der Waals surface area contributed by atoms with Gasteiger partial charge in [-0.05, 0) is 41.3 Å². The van der Waals surface area contributed by atoms with E-state index in [0.717, 1.165) is 12.1 Å². The average molecular weight is 617 g/mol. The van der Waals surface area contributed by atoms with Gasteiger partial charge in [0.2, 0.25) is 5.91 Å². The van der Waals surface area contributed by atoms with Crippen molar-refractivity contribution in [2.75, 3.05) is 25.6 Å². The number of nitrogens with one attached hydrogen (secondary N) is 2. The highest BCUT2D eigenvalue weighted by atomic mass is 35.5. The van der Waals surface area contributed by atoms with E-state index >= 15 is 0 Å². The Hall–Kier alpha value is -3.23. The van der Waals surface area contributed by atoms with Gasteiger partial charge in [0.25, 0.3) is 0 Å². The van der Waals surface area contributed by atoms with E-state index in [9.17, 15) is 32.9 Å². The van der Waals surface area contributed by atoms with Gasteiger partial charge in [0, 0.05) is 38.6 Å². The number of hydrazine groups is 1. The Morgan fingerprint density at radius 2 is 1.93 bits per heavy atom. The van der Waals surface area contributed by atoms with E-state index in [-0.39, 0.29) is 23.8 Å². The molecular formula is C25H28ClF2N4O8P. The van der Waals surface area contributed by atoms with Crippen molar-refractivity contribution in [3.8, 4) is 0 Å². The third-order valence-electron chi connectivity index (χ3n) is 5.70. The monoisotopic (exact) mass is 616 g/mol. The fourth-order valence-electron chi connectivity index (χ4n) is 3.71. The van der Waals surface area contributed by atoms with Crippen LogP contribution in [0.1, 0.15) is 18.9 Å². The average Bonchev–Trinajstić information content (AvgIpc) is 2.92. The van der Waals surface area contributed by atoms with Crippen LogP contribution in [-0.4, -0.2) is 64.5 Å². The third kappa shape index (κ3) is 9.68. The number of aromatic nitrogens is 1. The fraction of sp³-hybridized carbons (Fsp3) is 0.320. The molecular weight excluding hydrogens is 589 g/mol. The van der Waals surface area contributed by atoms with Crippen molar-refractivity contribution in [3.05, 3.63) is 70.9 Å². The summed E-state index contributed by atoms with van der Waals surface area (Å²) < 4.78 is 53.3. The molecule has 1 aromatic heterocycles. The lowest BCUT2D eigenvalue weighted by molar-refractivity contribution is -0.137. The number of pyridine rings is 1. The fourth-order valence-corrected chi connectivity index (χ4v) is 4.37. The lowest BCUT2D eigenvalue weighted by atomic mass is 10.1. The van der Waals surface area contributed by atoms with Crippen LogP contribution in [0.4, 0.5) is 19.4 Å². The van der Waals surface area contributed by atoms with E-state index in [4.69, 9.17) is 16.3 Å².